The zero-order valence-electron chi connectivity index (χ0n) is 13.0. The van der Waals surface area contributed by atoms with Crippen LogP contribution < -0.4 is 10.1 Å². The Hall–Kier alpha value is -1.10. The van der Waals surface area contributed by atoms with Gasteiger partial charge in [-0.3, -0.25) is 0 Å². The Morgan fingerprint density at radius 2 is 1.80 bits per heavy atom. The van der Waals surface area contributed by atoms with E-state index in [1.54, 1.807) is 0 Å². The maximum absolute atomic E-state index is 9.83. The van der Waals surface area contributed by atoms with E-state index in [0.717, 1.165) is 12.3 Å². The third-order valence-electron chi connectivity index (χ3n) is 2.75. The Morgan fingerprint density at radius 1 is 1.15 bits per heavy atom. The Bertz CT molecular complexity index is 373. The fourth-order valence-corrected chi connectivity index (χ4v) is 1.90. The molecule has 1 unspecified atom stereocenters. The molecule has 0 saturated heterocycles. The normalized spacial score (nSPS) is 12.7. The number of nitrogens with one attached hydrogen (secondary N) is 1. The second-order valence-electron chi connectivity index (χ2n) is 5.41. The van der Waals surface area contributed by atoms with E-state index in [9.17, 15) is 5.11 Å². The van der Waals surface area contributed by atoms with Gasteiger partial charge < -0.3 is 19.9 Å². The van der Waals surface area contributed by atoms with Gasteiger partial charge in [0.2, 0.25) is 0 Å². The first-order valence-electron chi connectivity index (χ1n) is 7.19. The zero-order chi connectivity index (χ0) is 15.0. The van der Waals surface area contributed by atoms with Gasteiger partial charge in [-0.25, -0.2) is 0 Å². The summed E-state index contributed by atoms with van der Waals surface area (Å²) in [5.74, 6) is 0.810. The lowest BCUT2D eigenvalue weighted by molar-refractivity contribution is 0.0735. The first kappa shape index (κ1) is 17.0. The van der Waals surface area contributed by atoms with Crippen molar-refractivity contribution in [3.8, 4) is 5.75 Å². The van der Waals surface area contributed by atoms with Gasteiger partial charge in [0.05, 0.1) is 12.7 Å². The minimum Gasteiger partial charge on any atom is -0.491 e. The van der Waals surface area contributed by atoms with Crippen LogP contribution in [-0.2, 0) is 4.74 Å². The van der Waals surface area contributed by atoms with Gasteiger partial charge >= 0.3 is 0 Å². The van der Waals surface area contributed by atoms with Gasteiger partial charge in [0, 0.05) is 13.1 Å². The molecule has 1 rings (SSSR count). The van der Waals surface area contributed by atoms with E-state index in [2.05, 4.69) is 11.4 Å². The third kappa shape index (κ3) is 7.48. The number of aliphatic hydroxyl groups excluding tert-OH is 1. The second kappa shape index (κ2) is 8.95. The van der Waals surface area contributed by atoms with E-state index in [1.807, 2.05) is 39.8 Å². The summed E-state index contributed by atoms with van der Waals surface area (Å²) in [6.07, 6.45) is -0.274. The third-order valence-corrected chi connectivity index (χ3v) is 2.75. The monoisotopic (exact) mass is 281 g/mol. The number of ether oxygens (including phenoxy) is 2. The number of benzene rings is 1. The van der Waals surface area contributed by atoms with Crippen molar-refractivity contribution in [2.75, 3.05) is 26.3 Å². The van der Waals surface area contributed by atoms with Crippen LogP contribution in [0.3, 0.4) is 0 Å². The average molecular weight is 281 g/mol. The molecule has 0 bridgehead atoms. The number of rotatable bonds is 9. The molecule has 114 valence electrons. The molecule has 1 aromatic rings. The van der Waals surface area contributed by atoms with Gasteiger partial charge in [-0.2, -0.15) is 0 Å². The van der Waals surface area contributed by atoms with E-state index < -0.39 is 6.10 Å². The molecular weight excluding hydrogens is 254 g/mol. The molecule has 0 heterocycles. The van der Waals surface area contributed by atoms with Gasteiger partial charge in [-0.15, -0.1) is 0 Å². The number of aliphatic hydroxyl groups is 1. The zero-order valence-corrected chi connectivity index (χ0v) is 13.0. The van der Waals surface area contributed by atoms with Gasteiger partial charge in [-0.05, 0) is 51.0 Å². The van der Waals surface area contributed by atoms with Crippen molar-refractivity contribution >= 4 is 0 Å². The molecule has 0 aromatic heterocycles. The van der Waals surface area contributed by atoms with Crippen LogP contribution in [0.5, 0.6) is 5.75 Å². The molecule has 0 radical (unpaired) electrons. The molecule has 1 atom stereocenters. The van der Waals surface area contributed by atoms with Crippen LogP contribution in [0, 0.1) is 13.8 Å². The molecule has 20 heavy (non-hydrogen) atoms. The van der Waals surface area contributed by atoms with Crippen molar-refractivity contribution in [3.63, 3.8) is 0 Å². The molecule has 0 saturated carbocycles. The smallest absolute Gasteiger partial charge is 0.119 e. The lowest BCUT2D eigenvalue weighted by Gasteiger charge is -2.14. The van der Waals surface area contributed by atoms with Crippen LogP contribution in [0.15, 0.2) is 18.2 Å². The Morgan fingerprint density at radius 3 is 2.40 bits per heavy atom. The fourth-order valence-electron chi connectivity index (χ4n) is 1.90. The van der Waals surface area contributed by atoms with Gasteiger partial charge in [-0.1, -0.05) is 6.07 Å². The first-order chi connectivity index (χ1) is 9.47. The van der Waals surface area contributed by atoms with Gasteiger partial charge in [0.15, 0.2) is 0 Å². The minimum atomic E-state index is -0.519. The molecule has 0 aliphatic rings. The minimum absolute atomic E-state index is 0.245. The Kier molecular flexibility index (Phi) is 7.59. The molecule has 1 aromatic carbocycles. The van der Waals surface area contributed by atoms with E-state index >= 15 is 0 Å². The van der Waals surface area contributed by atoms with Crippen LogP contribution in [0.4, 0.5) is 0 Å². The standard InChI is InChI=1S/C16H27NO3/c1-12(2)19-6-5-17-10-15(18)11-20-16-8-13(3)7-14(4)9-16/h7-9,12,15,17-18H,5-6,10-11H2,1-4H3. The van der Waals surface area contributed by atoms with Crippen molar-refractivity contribution in [2.45, 2.75) is 39.9 Å². The molecular formula is C16H27NO3. The Labute approximate surface area is 122 Å². The lowest BCUT2D eigenvalue weighted by Crippen LogP contribution is -2.33. The molecule has 0 spiro atoms. The lowest BCUT2D eigenvalue weighted by atomic mass is 10.1. The summed E-state index contributed by atoms with van der Waals surface area (Å²) in [6.45, 7) is 10.3. The van der Waals surface area contributed by atoms with Crippen LogP contribution in [0.1, 0.15) is 25.0 Å². The quantitative estimate of drug-likeness (QED) is 0.680. The van der Waals surface area contributed by atoms with E-state index in [0.29, 0.717) is 19.8 Å². The second-order valence-corrected chi connectivity index (χ2v) is 5.41. The topological polar surface area (TPSA) is 50.7 Å². The van der Waals surface area contributed by atoms with E-state index in [1.165, 1.54) is 11.1 Å². The van der Waals surface area contributed by atoms with Crippen LogP contribution in [-0.4, -0.2) is 43.6 Å². The summed E-state index contributed by atoms with van der Waals surface area (Å²) < 4.78 is 11.0. The maximum Gasteiger partial charge on any atom is 0.119 e. The highest BCUT2D eigenvalue weighted by atomic mass is 16.5. The summed E-state index contributed by atoms with van der Waals surface area (Å²) in [4.78, 5) is 0. The molecule has 0 amide bonds. The SMILES string of the molecule is Cc1cc(C)cc(OCC(O)CNCCOC(C)C)c1. The van der Waals surface area contributed by atoms with Crippen LogP contribution in [0.25, 0.3) is 0 Å². The summed E-state index contributed by atoms with van der Waals surface area (Å²) in [6, 6.07) is 6.05. The maximum atomic E-state index is 9.83. The number of hydrogen-bond donors (Lipinski definition) is 2. The summed E-state index contributed by atoms with van der Waals surface area (Å²) >= 11 is 0. The molecule has 4 heteroatoms. The van der Waals surface area contributed by atoms with Gasteiger partial charge in [0.1, 0.15) is 18.5 Å². The van der Waals surface area contributed by atoms with E-state index in [-0.39, 0.29) is 6.10 Å². The highest BCUT2D eigenvalue weighted by Crippen LogP contribution is 2.16. The number of aryl methyl sites for hydroxylation is 2. The molecule has 2 N–H and O–H groups in total. The molecule has 0 fully saturated rings. The van der Waals surface area contributed by atoms with Crippen molar-refractivity contribution in [1.29, 1.82) is 0 Å². The summed E-state index contributed by atoms with van der Waals surface area (Å²) in [7, 11) is 0. The first-order valence-corrected chi connectivity index (χ1v) is 7.19. The predicted molar refractivity (Wildman–Crippen MR) is 81.4 cm³/mol. The predicted octanol–water partition coefficient (Wildman–Crippen LogP) is 2.06. The van der Waals surface area contributed by atoms with Crippen LogP contribution >= 0.6 is 0 Å². The van der Waals surface area contributed by atoms with Crippen LogP contribution in [0.2, 0.25) is 0 Å². The molecule has 0 aliphatic heterocycles. The van der Waals surface area contributed by atoms with E-state index in [4.69, 9.17) is 9.47 Å². The fraction of sp³-hybridized carbons (Fsp3) is 0.625. The Balaban J connectivity index is 2.17. The summed E-state index contributed by atoms with van der Waals surface area (Å²) in [5, 5.41) is 13.0. The molecule has 4 nitrogen and oxygen atoms in total. The van der Waals surface area contributed by atoms with Crippen molar-refractivity contribution < 1.29 is 14.6 Å². The molecule has 0 aliphatic carbocycles. The average Bonchev–Trinajstić information content (AvgIpc) is 2.34. The van der Waals surface area contributed by atoms with Crippen molar-refractivity contribution in [3.05, 3.63) is 29.3 Å². The largest absolute Gasteiger partial charge is 0.491 e. The van der Waals surface area contributed by atoms with Crippen molar-refractivity contribution in [2.24, 2.45) is 0 Å². The number of hydrogen-bond acceptors (Lipinski definition) is 4. The summed E-state index contributed by atoms with van der Waals surface area (Å²) in [5.41, 5.74) is 2.33. The highest BCUT2D eigenvalue weighted by molar-refractivity contribution is 5.32. The van der Waals surface area contributed by atoms with Crippen molar-refractivity contribution in [1.82, 2.24) is 5.32 Å². The van der Waals surface area contributed by atoms with Gasteiger partial charge in [0.25, 0.3) is 0 Å². The highest BCUT2D eigenvalue weighted by Gasteiger charge is 2.05.